The molecule has 1 heterocycles. The van der Waals surface area contributed by atoms with E-state index in [0.29, 0.717) is 31.3 Å². The number of methoxy groups -OCH3 is 1. The Labute approximate surface area is 173 Å². The summed E-state index contributed by atoms with van der Waals surface area (Å²) in [5, 5.41) is 6.48. The van der Waals surface area contributed by atoms with Gasteiger partial charge in [0.15, 0.2) is 17.5 Å². The third-order valence-electron chi connectivity index (χ3n) is 4.85. The van der Waals surface area contributed by atoms with Crippen LogP contribution in [0.5, 0.6) is 11.5 Å². The molecule has 0 spiro atoms. The average Bonchev–Trinajstić information content (AvgIpc) is 3.19. The summed E-state index contributed by atoms with van der Waals surface area (Å²) in [6, 6.07) is 11.6. The highest BCUT2D eigenvalue weighted by molar-refractivity contribution is 5.80. The maximum absolute atomic E-state index is 13.8. The fraction of sp³-hybridized carbons (Fsp3) is 0.381. The molecule has 1 saturated heterocycles. The van der Waals surface area contributed by atoms with Crippen molar-refractivity contribution in [3.63, 3.8) is 0 Å². The van der Waals surface area contributed by atoms with Crippen LogP contribution in [-0.4, -0.2) is 45.9 Å². The second-order valence-electron chi connectivity index (χ2n) is 6.82. The quantitative estimate of drug-likeness (QED) is 0.529. The van der Waals surface area contributed by atoms with Crippen LogP contribution in [0.1, 0.15) is 12.0 Å². The van der Waals surface area contributed by atoms with Gasteiger partial charge in [0.05, 0.1) is 12.8 Å². The number of para-hydroxylation sites is 2. The Morgan fingerprint density at radius 2 is 2.03 bits per heavy atom. The van der Waals surface area contributed by atoms with Crippen molar-refractivity contribution in [2.75, 3.05) is 32.1 Å². The van der Waals surface area contributed by atoms with E-state index >= 15 is 0 Å². The Balaban J connectivity index is 1.56. The van der Waals surface area contributed by atoms with Crippen LogP contribution in [0.15, 0.2) is 47.5 Å². The van der Waals surface area contributed by atoms with E-state index in [2.05, 4.69) is 20.4 Å². The van der Waals surface area contributed by atoms with E-state index < -0.39 is 12.4 Å². The summed E-state index contributed by atoms with van der Waals surface area (Å²) < 4.78 is 48.7. The lowest BCUT2D eigenvalue weighted by molar-refractivity contribution is -0.0495. The fourth-order valence-electron chi connectivity index (χ4n) is 3.40. The molecule has 162 valence electrons. The van der Waals surface area contributed by atoms with Gasteiger partial charge in [0, 0.05) is 32.7 Å². The van der Waals surface area contributed by atoms with Crippen molar-refractivity contribution in [1.29, 1.82) is 0 Å². The van der Waals surface area contributed by atoms with Crippen molar-refractivity contribution in [3.05, 3.63) is 53.8 Å². The molecule has 0 aromatic heterocycles. The lowest BCUT2D eigenvalue weighted by atomic mass is 10.2. The number of rotatable bonds is 7. The minimum absolute atomic E-state index is 0.0726. The van der Waals surface area contributed by atoms with Gasteiger partial charge in [0.1, 0.15) is 5.75 Å². The third kappa shape index (κ3) is 5.49. The summed E-state index contributed by atoms with van der Waals surface area (Å²) >= 11 is 0. The summed E-state index contributed by atoms with van der Waals surface area (Å²) in [6.45, 7) is -1.17. The molecule has 9 heteroatoms. The molecule has 0 bridgehead atoms. The number of anilines is 1. The number of halogens is 3. The first-order valence-corrected chi connectivity index (χ1v) is 9.58. The van der Waals surface area contributed by atoms with E-state index in [1.54, 1.807) is 37.4 Å². The van der Waals surface area contributed by atoms with E-state index in [9.17, 15) is 13.2 Å². The smallest absolute Gasteiger partial charge is 0.387 e. The van der Waals surface area contributed by atoms with Gasteiger partial charge in [0.2, 0.25) is 0 Å². The molecule has 2 aromatic rings. The molecule has 2 aromatic carbocycles. The number of nitrogens with zero attached hydrogens (tertiary/aromatic N) is 2. The zero-order chi connectivity index (χ0) is 21.5. The fourth-order valence-corrected chi connectivity index (χ4v) is 3.40. The molecule has 30 heavy (non-hydrogen) atoms. The molecule has 3 rings (SSSR count). The summed E-state index contributed by atoms with van der Waals surface area (Å²) in [7, 11) is 3.08. The Hall–Kier alpha value is -3.10. The molecular weight excluding hydrogens is 397 g/mol. The monoisotopic (exact) mass is 422 g/mol. The van der Waals surface area contributed by atoms with Crippen LogP contribution in [0.2, 0.25) is 0 Å². The first-order valence-electron chi connectivity index (χ1n) is 9.58. The molecule has 0 amide bonds. The van der Waals surface area contributed by atoms with Crippen molar-refractivity contribution in [1.82, 2.24) is 10.6 Å². The number of ether oxygens (including phenoxy) is 2. The zero-order valence-corrected chi connectivity index (χ0v) is 16.9. The molecule has 1 fully saturated rings. The number of nitrogens with one attached hydrogen (secondary N) is 2. The molecule has 1 atom stereocenters. The highest BCUT2D eigenvalue weighted by Crippen LogP contribution is 2.31. The Bertz CT molecular complexity index is 879. The normalized spacial score (nSPS) is 16.7. The van der Waals surface area contributed by atoms with Gasteiger partial charge in [0.25, 0.3) is 0 Å². The van der Waals surface area contributed by atoms with E-state index in [1.807, 2.05) is 4.90 Å². The van der Waals surface area contributed by atoms with Gasteiger partial charge in [-0.05, 0) is 36.2 Å². The van der Waals surface area contributed by atoms with Gasteiger partial charge in [-0.1, -0.05) is 18.2 Å². The van der Waals surface area contributed by atoms with Crippen molar-refractivity contribution < 1.29 is 22.6 Å². The minimum Gasteiger partial charge on any atom is -0.494 e. The average molecular weight is 422 g/mol. The number of benzene rings is 2. The van der Waals surface area contributed by atoms with Crippen LogP contribution < -0.4 is 25.0 Å². The molecule has 1 unspecified atom stereocenters. The Morgan fingerprint density at radius 1 is 1.23 bits per heavy atom. The Morgan fingerprint density at radius 3 is 2.73 bits per heavy atom. The predicted molar refractivity (Wildman–Crippen MR) is 110 cm³/mol. The van der Waals surface area contributed by atoms with Gasteiger partial charge in [-0.3, -0.25) is 4.99 Å². The van der Waals surface area contributed by atoms with Crippen molar-refractivity contribution in [2.45, 2.75) is 25.6 Å². The van der Waals surface area contributed by atoms with Crippen LogP contribution in [0.25, 0.3) is 0 Å². The zero-order valence-electron chi connectivity index (χ0n) is 16.9. The van der Waals surface area contributed by atoms with E-state index in [4.69, 9.17) is 4.74 Å². The summed E-state index contributed by atoms with van der Waals surface area (Å²) in [4.78, 5) is 6.21. The van der Waals surface area contributed by atoms with E-state index in [-0.39, 0.29) is 17.5 Å². The number of hydrogen-bond donors (Lipinski definition) is 2. The van der Waals surface area contributed by atoms with Crippen molar-refractivity contribution >= 4 is 11.6 Å². The van der Waals surface area contributed by atoms with Gasteiger partial charge in [-0.25, -0.2) is 4.39 Å². The number of alkyl halides is 2. The molecule has 1 aliphatic heterocycles. The first-order chi connectivity index (χ1) is 14.5. The van der Waals surface area contributed by atoms with Crippen molar-refractivity contribution in [3.8, 4) is 11.5 Å². The molecule has 1 aliphatic rings. The largest absolute Gasteiger partial charge is 0.494 e. The van der Waals surface area contributed by atoms with Crippen LogP contribution >= 0.6 is 0 Å². The maximum atomic E-state index is 13.8. The second kappa shape index (κ2) is 10.1. The predicted octanol–water partition coefficient (Wildman–Crippen LogP) is 3.38. The standard InChI is InChI=1S/C21H25F3N4O2/c1-25-21(26-12-14-7-8-18(29-2)16(22)11-14)27-15-9-10-28(13-15)17-5-3-4-6-19(17)30-20(23)24/h3-8,11,15,20H,9-10,12-13H2,1-2H3,(H2,25,26,27). The van der Waals surface area contributed by atoms with Crippen LogP contribution in [0.4, 0.5) is 18.9 Å². The van der Waals surface area contributed by atoms with Crippen LogP contribution in [0, 0.1) is 5.82 Å². The number of aliphatic imine (C=N–C) groups is 1. The van der Waals surface area contributed by atoms with E-state index in [1.165, 1.54) is 19.2 Å². The highest BCUT2D eigenvalue weighted by atomic mass is 19.3. The topological polar surface area (TPSA) is 58.1 Å². The van der Waals surface area contributed by atoms with Crippen LogP contribution in [-0.2, 0) is 6.54 Å². The SMILES string of the molecule is CN=C(NCc1ccc(OC)c(F)c1)NC1CCN(c2ccccc2OC(F)F)C1. The minimum atomic E-state index is -2.87. The van der Waals surface area contributed by atoms with Gasteiger partial charge in [-0.2, -0.15) is 8.78 Å². The Kier molecular flexibility index (Phi) is 7.26. The van der Waals surface area contributed by atoms with E-state index in [0.717, 1.165) is 12.0 Å². The summed E-state index contributed by atoms with van der Waals surface area (Å²) in [6.07, 6.45) is 0.806. The summed E-state index contributed by atoms with van der Waals surface area (Å²) in [5.41, 5.74) is 1.39. The highest BCUT2D eigenvalue weighted by Gasteiger charge is 2.26. The van der Waals surface area contributed by atoms with Crippen LogP contribution in [0.3, 0.4) is 0 Å². The molecule has 0 aliphatic carbocycles. The maximum Gasteiger partial charge on any atom is 0.387 e. The third-order valence-corrected chi connectivity index (χ3v) is 4.85. The van der Waals surface area contributed by atoms with Gasteiger partial charge < -0.3 is 25.0 Å². The summed E-state index contributed by atoms with van der Waals surface area (Å²) in [5.74, 6) is 0.520. The molecular formula is C21H25F3N4O2. The first kappa shape index (κ1) is 21.6. The molecule has 0 saturated carbocycles. The molecule has 0 radical (unpaired) electrons. The lowest BCUT2D eigenvalue weighted by Crippen LogP contribution is -2.44. The van der Waals surface area contributed by atoms with Gasteiger partial charge in [-0.15, -0.1) is 0 Å². The lowest BCUT2D eigenvalue weighted by Gasteiger charge is -2.22. The van der Waals surface area contributed by atoms with Crippen molar-refractivity contribution in [2.24, 2.45) is 4.99 Å². The molecule has 2 N–H and O–H groups in total. The number of guanidine groups is 1. The number of hydrogen-bond acceptors (Lipinski definition) is 4. The molecule has 6 nitrogen and oxygen atoms in total. The second-order valence-corrected chi connectivity index (χ2v) is 6.82. The van der Waals surface area contributed by atoms with Gasteiger partial charge >= 0.3 is 6.61 Å².